The van der Waals surface area contributed by atoms with Crippen LogP contribution in [-0.4, -0.2) is 62.1 Å². The highest BCUT2D eigenvalue weighted by molar-refractivity contribution is 7.90. The number of fused-ring (bicyclic) bond motifs is 1. The van der Waals surface area contributed by atoms with E-state index in [1.54, 1.807) is 24.3 Å². The summed E-state index contributed by atoms with van der Waals surface area (Å²) < 4.78 is 59.1. The minimum atomic E-state index is -4.27. The lowest BCUT2D eigenvalue weighted by Crippen LogP contribution is -2.48. The number of hydrogen-bond donors (Lipinski definition) is 2. The third-order valence-electron chi connectivity index (χ3n) is 5.85. The highest BCUT2D eigenvalue weighted by atomic mass is 32.2. The standard InChI is InChI=1S/C24H23N3O8S2/c1-26(36(31,32)19-13-11-18(12-14-19)35-17-7-3-2-4-8-17)21(23(28)25-30)15-16-27-24(29)20-9-5-6-10-22(20)37(27,33)34/h2-14,21,30H,15-16H2,1H3,(H,25,28). The van der Waals surface area contributed by atoms with Crippen LogP contribution in [0.5, 0.6) is 11.5 Å². The van der Waals surface area contributed by atoms with E-state index < -0.39 is 50.9 Å². The number of sulfonamides is 2. The normalized spacial score (nSPS) is 15.3. The predicted octanol–water partition coefficient (Wildman–Crippen LogP) is 2.21. The van der Waals surface area contributed by atoms with Crippen molar-refractivity contribution < 1.29 is 36.4 Å². The van der Waals surface area contributed by atoms with Crippen LogP contribution in [0.4, 0.5) is 0 Å². The molecule has 0 aliphatic carbocycles. The molecule has 1 heterocycles. The monoisotopic (exact) mass is 545 g/mol. The molecule has 1 aliphatic rings. The third kappa shape index (κ3) is 5.06. The van der Waals surface area contributed by atoms with E-state index in [4.69, 9.17) is 4.74 Å². The second kappa shape index (κ2) is 10.3. The van der Waals surface area contributed by atoms with Crippen molar-refractivity contribution >= 4 is 31.9 Å². The largest absolute Gasteiger partial charge is 0.457 e. The topological polar surface area (TPSA) is 150 Å². The molecule has 3 aromatic carbocycles. The van der Waals surface area contributed by atoms with Crippen LogP contribution >= 0.6 is 0 Å². The molecule has 2 N–H and O–H groups in total. The minimum Gasteiger partial charge on any atom is -0.457 e. The van der Waals surface area contributed by atoms with Gasteiger partial charge in [-0.1, -0.05) is 30.3 Å². The van der Waals surface area contributed by atoms with Crippen molar-refractivity contribution in [3.63, 3.8) is 0 Å². The average Bonchev–Trinajstić information content (AvgIpc) is 3.09. The zero-order chi connectivity index (χ0) is 26.8. The van der Waals surface area contributed by atoms with Gasteiger partial charge >= 0.3 is 0 Å². The Morgan fingerprint density at radius 3 is 2.22 bits per heavy atom. The lowest BCUT2D eigenvalue weighted by molar-refractivity contribution is -0.133. The van der Waals surface area contributed by atoms with Gasteiger partial charge < -0.3 is 4.74 Å². The molecule has 0 saturated heterocycles. The van der Waals surface area contributed by atoms with Gasteiger partial charge in [0.05, 0.1) is 10.5 Å². The van der Waals surface area contributed by atoms with Crippen molar-refractivity contribution in [3.8, 4) is 11.5 Å². The van der Waals surface area contributed by atoms with Crippen LogP contribution in [0.2, 0.25) is 0 Å². The summed E-state index contributed by atoms with van der Waals surface area (Å²) in [6, 6.07) is 18.5. The third-order valence-corrected chi connectivity index (χ3v) is 9.57. The summed E-state index contributed by atoms with van der Waals surface area (Å²) in [6.07, 6.45) is -0.406. The van der Waals surface area contributed by atoms with E-state index in [-0.39, 0.29) is 15.4 Å². The molecule has 4 rings (SSSR count). The Balaban J connectivity index is 1.53. The number of hydroxylamine groups is 1. The fraction of sp³-hybridized carbons (Fsp3) is 0.167. The molecular formula is C24H23N3O8S2. The molecule has 0 spiro atoms. The Hall–Kier alpha value is -3.78. The first-order valence-corrected chi connectivity index (χ1v) is 13.9. The second-order valence-corrected chi connectivity index (χ2v) is 11.9. The van der Waals surface area contributed by atoms with Crippen molar-refractivity contribution in [1.29, 1.82) is 0 Å². The number of nitrogens with one attached hydrogen (secondary N) is 1. The molecule has 0 bridgehead atoms. The van der Waals surface area contributed by atoms with Crippen LogP contribution in [0.1, 0.15) is 16.8 Å². The summed E-state index contributed by atoms with van der Waals surface area (Å²) in [7, 11) is -7.31. The quantitative estimate of drug-likeness (QED) is 0.307. The Labute approximate surface area is 214 Å². The number of carbonyl (C=O) groups excluding carboxylic acids is 2. The first-order chi connectivity index (χ1) is 17.6. The van der Waals surface area contributed by atoms with Gasteiger partial charge in [-0.05, 0) is 55.0 Å². The average molecular weight is 546 g/mol. The Morgan fingerprint density at radius 2 is 1.59 bits per heavy atom. The van der Waals surface area contributed by atoms with Crippen LogP contribution in [0.15, 0.2) is 88.7 Å². The second-order valence-electron chi connectivity index (χ2n) is 8.07. The van der Waals surface area contributed by atoms with Crippen molar-refractivity contribution in [2.45, 2.75) is 22.3 Å². The van der Waals surface area contributed by atoms with Crippen molar-refractivity contribution in [2.75, 3.05) is 13.6 Å². The molecule has 13 heteroatoms. The van der Waals surface area contributed by atoms with Crippen LogP contribution < -0.4 is 10.2 Å². The molecule has 1 aliphatic heterocycles. The number of carbonyl (C=O) groups is 2. The summed E-state index contributed by atoms with van der Waals surface area (Å²) in [5.74, 6) is -0.923. The maximum absolute atomic E-state index is 13.3. The molecule has 0 radical (unpaired) electrons. The molecule has 0 saturated carbocycles. The number of nitrogens with zero attached hydrogens (tertiary/aromatic N) is 2. The Bertz CT molecular complexity index is 1530. The molecule has 37 heavy (non-hydrogen) atoms. The van der Waals surface area contributed by atoms with Crippen LogP contribution in [0.25, 0.3) is 0 Å². The first kappa shape index (κ1) is 26.3. The lowest BCUT2D eigenvalue weighted by atomic mass is 10.2. The SMILES string of the molecule is CN(C(CCN1C(=O)c2ccccc2S1(=O)=O)C(=O)NO)S(=O)(=O)c1ccc(Oc2ccccc2)cc1. The summed E-state index contributed by atoms with van der Waals surface area (Å²) in [6.45, 7) is -0.488. The molecule has 3 aromatic rings. The zero-order valence-corrected chi connectivity index (χ0v) is 21.1. The number of rotatable bonds is 9. The van der Waals surface area contributed by atoms with Gasteiger partial charge in [0, 0.05) is 13.6 Å². The fourth-order valence-electron chi connectivity index (χ4n) is 3.88. The summed E-state index contributed by atoms with van der Waals surface area (Å²) in [5, 5.41) is 9.22. The summed E-state index contributed by atoms with van der Waals surface area (Å²) in [5.41, 5.74) is 1.40. The molecule has 1 unspecified atom stereocenters. The highest BCUT2D eigenvalue weighted by Crippen LogP contribution is 2.31. The van der Waals surface area contributed by atoms with E-state index in [0.717, 1.165) is 7.05 Å². The molecule has 11 nitrogen and oxygen atoms in total. The summed E-state index contributed by atoms with van der Waals surface area (Å²) in [4.78, 5) is 24.8. The van der Waals surface area contributed by atoms with Gasteiger partial charge in [-0.2, -0.15) is 4.31 Å². The van der Waals surface area contributed by atoms with Gasteiger partial charge in [-0.3, -0.25) is 14.8 Å². The number of hydrogen-bond acceptors (Lipinski definition) is 8. The lowest BCUT2D eigenvalue weighted by Gasteiger charge is -2.27. The number of para-hydroxylation sites is 1. The molecule has 0 fully saturated rings. The molecule has 0 aromatic heterocycles. The zero-order valence-electron chi connectivity index (χ0n) is 19.5. The van der Waals surface area contributed by atoms with E-state index in [9.17, 15) is 31.6 Å². The van der Waals surface area contributed by atoms with Gasteiger partial charge in [0.1, 0.15) is 22.4 Å². The van der Waals surface area contributed by atoms with Crippen molar-refractivity contribution in [3.05, 3.63) is 84.4 Å². The van der Waals surface area contributed by atoms with Gasteiger partial charge in [0.2, 0.25) is 10.0 Å². The van der Waals surface area contributed by atoms with E-state index in [2.05, 4.69) is 0 Å². The number of likely N-dealkylation sites (N-methyl/N-ethyl adjacent to an activating group) is 1. The fourth-order valence-corrected chi connectivity index (χ4v) is 6.81. The maximum Gasteiger partial charge on any atom is 0.269 e. The van der Waals surface area contributed by atoms with E-state index in [1.807, 2.05) is 6.07 Å². The van der Waals surface area contributed by atoms with Gasteiger partial charge in [-0.15, -0.1) is 0 Å². The maximum atomic E-state index is 13.3. The Morgan fingerprint density at radius 1 is 1.00 bits per heavy atom. The van der Waals surface area contributed by atoms with Gasteiger partial charge in [-0.25, -0.2) is 26.6 Å². The minimum absolute atomic E-state index is 0.00977. The van der Waals surface area contributed by atoms with Crippen molar-refractivity contribution in [1.82, 2.24) is 14.1 Å². The van der Waals surface area contributed by atoms with Crippen LogP contribution in [-0.2, 0) is 24.8 Å². The number of ether oxygens (including phenoxy) is 1. The predicted molar refractivity (Wildman–Crippen MR) is 131 cm³/mol. The van der Waals surface area contributed by atoms with E-state index >= 15 is 0 Å². The highest BCUT2D eigenvalue weighted by Gasteiger charge is 2.42. The number of amides is 2. The van der Waals surface area contributed by atoms with E-state index in [1.165, 1.54) is 54.0 Å². The van der Waals surface area contributed by atoms with Gasteiger partial charge in [0.25, 0.3) is 21.8 Å². The smallest absolute Gasteiger partial charge is 0.269 e. The molecule has 2 amide bonds. The molecule has 1 atom stereocenters. The first-order valence-electron chi connectivity index (χ1n) is 11.0. The number of benzene rings is 3. The molecule has 194 valence electrons. The van der Waals surface area contributed by atoms with Crippen LogP contribution in [0.3, 0.4) is 0 Å². The van der Waals surface area contributed by atoms with Crippen molar-refractivity contribution in [2.24, 2.45) is 0 Å². The summed E-state index contributed by atoms with van der Waals surface area (Å²) >= 11 is 0. The van der Waals surface area contributed by atoms with E-state index in [0.29, 0.717) is 20.1 Å². The molecular weight excluding hydrogens is 522 g/mol. The van der Waals surface area contributed by atoms with Crippen LogP contribution in [0, 0.1) is 0 Å². The Kier molecular flexibility index (Phi) is 7.32. The van der Waals surface area contributed by atoms with Gasteiger partial charge in [0.15, 0.2) is 0 Å².